The summed E-state index contributed by atoms with van der Waals surface area (Å²) < 4.78 is 5.33. The molecule has 0 aromatic rings. The highest BCUT2D eigenvalue weighted by Crippen LogP contribution is 1.96. The first kappa shape index (κ1) is 9.92. The zero-order chi connectivity index (χ0) is 7.98. The molecule has 62 valence electrons. The van der Waals surface area contributed by atoms with Crippen LogP contribution in [0.2, 0.25) is 0 Å². The third-order valence-electron chi connectivity index (χ3n) is 1.30. The van der Waals surface area contributed by atoms with Crippen molar-refractivity contribution >= 4 is 0 Å². The van der Waals surface area contributed by atoms with Crippen molar-refractivity contribution in [2.75, 3.05) is 6.61 Å². The number of ether oxygens (including phenoxy) is 1. The number of rotatable bonds is 5. The molecule has 0 heterocycles. The van der Waals surface area contributed by atoms with Crippen LogP contribution in [0.1, 0.15) is 33.6 Å². The molecule has 0 spiro atoms. The second kappa shape index (κ2) is 5.69. The Morgan fingerprint density at radius 3 is 2.40 bits per heavy atom. The molecule has 2 nitrogen and oxygen atoms in total. The standard InChI is InChI=1S/C8H19NO/c1-4-5-8(9)6-10-7(2)3/h7-8H,4-6,9H2,1-3H3/t8-/m1/s1. The van der Waals surface area contributed by atoms with Gasteiger partial charge in [-0.25, -0.2) is 0 Å². The monoisotopic (exact) mass is 145 g/mol. The Bertz CT molecular complexity index is 73.7. The maximum absolute atomic E-state index is 5.71. The summed E-state index contributed by atoms with van der Waals surface area (Å²) in [4.78, 5) is 0. The average Bonchev–Trinajstić information content (AvgIpc) is 1.85. The first-order valence-corrected chi connectivity index (χ1v) is 4.04. The summed E-state index contributed by atoms with van der Waals surface area (Å²) in [6, 6.07) is 0.229. The van der Waals surface area contributed by atoms with Gasteiger partial charge in [-0.3, -0.25) is 0 Å². The third kappa shape index (κ3) is 6.05. The first-order valence-electron chi connectivity index (χ1n) is 4.04. The fourth-order valence-corrected chi connectivity index (χ4v) is 0.770. The van der Waals surface area contributed by atoms with Crippen LogP contribution in [-0.2, 0) is 4.74 Å². The van der Waals surface area contributed by atoms with Crippen molar-refractivity contribution in [1.82, 2.24) is 0 Å². The van der Waals surface area contributed by atoms with Gasteiger partial charge in [0.1, 0.15) is 0 Å². The topological polar surface area (TPSA) is 35.2 Å². The normalized spacial score (nSPS) is 14.1. The van der Waals surface area contributed by atoms with Gasteiger partial charge < -0.3 is 10.5 Å². The molecule has 2 heteroatoms. The molecule has 0 aromatic heterocycles. The van der Waals surface area contributed by atoms with Crippen molar-refractivity contribution in [1.29, 1.82) is 0 Å². The fraction of sp³-hybridized carbons (Fsp3) is 1.00. The molecule has 0 rings (SSSR count). The van der Waals surface area contributed by atoms with Crippen LogP contribution in [0.4, 0.5) is 0 Å². The van der Waals surface area contributed by atoms with E-state index in [0.717, 1.165) is 12.8 Å². The summed E-state index contributed by atoms with van der Waals surface area (Å²) in [5, 5.41) is 0. The van der Waals surface area contributed by atoms with Gasteiger partial charge in [0.25, 0.3) is 0 Å². The van der Waals surface area contributed by atoms with Crippen molar-refractivity contribution < 1.29 is 4.74 Å². The van der Waals surface area contributed by atoms with Gasteiger partial charge >= 0.3 is 0 Å². The minimum Gasteiger partial charge on any atom is -0.377 e. The quantitative estimate of drug-likeness (QED) is 0.637. The number of hydrogen-bond donors (Lipinski definition) is 1. The van der Waals surface area contributed by atoms with E-state index in [1.807, 2.05) is 13.8 Å². The second-order valence-electron chi connectivity index (χ2n) is 2.93. The Kier molecular flexibility index (Phi) is 5.64. The lowest BCUT2D eigenvalue weighted by Gasteiger charge is -2.12. The minimum absolute atomic E-state index is 0.229. The molecule has 1 atom stereocenters. The molecule has 0 unspecified atom stereocenters. The number of nitrogens with two attached hydrogens (primary N) is 1. The van der Waals surface area contributed by atoms with Crippen molar-refractivity contribution in [2.24, 2.45) is 5.73 Å². The Hall–Kier alpha value is -0.0800. The zero-order valence-corrected chi connectivity index (χ0v) is 7.26. The van der Waals surface area contributed by atoms with Gasteiger partial charge in [-0.15, -0.1) is 0 Å². The molecule has 0 aromatic carbocycles. The summed E-state index contributed by atoms with van der Waals surface area (Å²) in [5.41, 5.74) is 5.71. The van der Waals surface area contributed by atoms with E-state index < -0.39 is 0 Å². The highest BCUT2D eigenvalue weighted by atomic mass is 16.5. The molecule has 0 amide bonds. The van der Waals surface area contributed by atoms with Gasteiger partial charge in [0.05, 0.1) is 12.7 Å². The Balaban J connectivity index is 3.12. The van der Waals surface area contributed by atoms with E-state index in [-0.39, 0.29) is 6.04 Å². The van der Waals surface area contributed by atoms with Crippen molar-refractivity contribution in [3.05, 3.63) is 0 Å². The molecular formula is C8H19NO. The van der Waals surface area contributed by atoms with E-state index in [4.69, 9.17) is 10.5 Å². The highest BCUT2D eigenvalue weighted by Gasteiger charge is 2.01. The molecule has 0 aliphatic carbocycles. The average molecular weight is 145 g/mol. The van der Waals surface area contributed by atoms with E-state index >= 15 is 0 Å². The number of hydrogen-bond acceptors (Lipinski definition) is 2. The lowest BCUT2D eigenvalue weighted by Crippen LogP contribution is -2.27. The lowest BCUT2D eigenvalue weighted by atomic mass is 10.2. The van der Waals surface area contributed by atoms with E-state index in [2.05, 4.69) is 6.92 Å². The largest absolute Gasteiger partial charge is 0.377 e. The van der Waals surface area contributed by atoms with E-state index in [0.29, 0.717) is 12.7 Å². The first-order chi connectivity index (χ1) is 4.66. The van der Waals surface area contributed by atoms with Gasteiger partial charge in [0.2, 0.25) is 0 Å². The van der Waals surface area contributed by atoms with Gasteiger partial charge in [-0.05, 0) is 20.3 Å². The Labute approximate surface area is 63.7 Å². The van der Waals surface area contributed by atoms with Crippen LogP contribution in [0.5, 0.6) is 0 Å². The van der Waals surface area contributed by atoms with E-state index in [9.17, 15) is 0 Å². The van der Waals surface area contributed by atoms with Crippen molar-refractivity contribution in [3.8, 4) is 0 Å². The summed E-state index contributed by atoms with van der Waals surface area (Å²) >= 11 is 0. The van der Waals surface area contributed by atoms with E-state index in [1.165, 1.54) is 0 Å². The summed E-state index contributed by atoms with van der Waals surface area (Å²) in [6.45, 7) is 6.89. The second-order valence-corrected chi connectivity index (χ2v) is 2.93. The molecule has 0 bridgehead atoms. The van der Waals surface area contributed by atoms with Gasteiger partial charge in [-0.2, -0.15) is 0 Å². The molecule has 0 aliphatic heterocycles. The minimum atomic E-state index is 0.229. The molecule has 10 heavy (non-hydrogen) atoms. The van der Waals surface area contributed by atoms with Crippen LogP contribution in [0.25, 0.3) is 0 Å². The molecule has 0 saturated heterocycles. The molecule has 2 N–H and O–H groups in total. The van der Waals surface area contributed by atoms with Gasteiger partial charge in [0, 0.05) is 6.04 Å². The summed E-state index contributed by atoms with van der Waals surface area (Å²) in [6.07, 6.45) is 2.51. The predicted octanol–water partition coefficient (Wildman–Crippen LogP) is 1.54. The highest BCUT2D eigenvalue weighted by molar-refractivity contribution is 4.58. The molecule has 0 fully saturated rings. The van der Waals surface area contributed by atoms with Crippen LogP contribution in [0.3, 0.4) is 0 Å². The van der Waals surface area contributed by atoms with Crippen LogP contribution in [0.15, 0.2) is 0 Å². The molecular weight excluding hydrogens is 126 g/mol. The van der Waals surface area contributed by atoms with Crippen LogP contribution in [-0.4, -0.2) is 18.8 Å². The lowest BCUT2D eigenvalue weighted by molar-refractivity contribution is 0.0668. The summed E-state index contributed by atoms with van der Waals surface area (Å²) in [5.74, 6) is 0. The predicted molar refractivity (Wildman–Crippen MR) is 44.0 cm³/mol. The third-order valence-corrected chi connectivity index (χ3v) is 1.30. The smallest absolute Gasteiger partial charge is 0.0620 e. The van der Waals surface area contributed by atoms with E-state index in [1.54, 1.807) is 0 Å². The maximum atomic E-state index is 5.71. The van der Waals surface area contributed by atoms with Crippen LogP contribution >= 0.6 is 0 Å². The van der Waals surface area contributed by atoms with Gasteiger partial charge in [0.15, 0.2) is 0 Å². The maximum Gasteiger partial charge on any atom is 0.0620 e. The fourth-order valence-electron chi connectivity index (χ4n) is 0.770. The summed E-state index contributed by atoms with van der Waals surface area (Å²) in [7, 11) is 0. The Morgan fingerprint density at radius 2 is 2.00 bits per heavy atom. The molecule has 0 saturated carbocycles. The Morgan fingerprint density at radius 1 is 1.40 bits per heavy atom. The van der Waals surface area contributed by atoms with Crippen molar-refractivity contribution in [3.63, 3.8) is 0 Å². The molecule has 0 radical (unpaired) electrons. The van der Waals surface area contributed by atoms with Gasteiger partial charge in [-0.1, -0.05) is 13.3 Å². The van der Waals surface area contributed by atoms with Crippen LogP contribution < -0.4 is 5.73 Å². The zero-order valence-electron chi connectivity index (χ0n) is 7.26. The van der Waals surface area contributed by atoms with Crippen molar-refractivity contribution in [2.45, 2.75) is 45.8 Å². The SMILES string of the molecule is CCC[C@@H](N)COC(C)C. The molecule has 0 aliphatic rings. The van der Waals surface area contributed by atoms with Crippen LogP contribution in [0, 0.1) is 0 Å².